The molecular formula is C11H21NO3. The van der Waals surface area contributed by atoms with Gasteiger partial charge in [-0.3, -0.25) is 4.79 Å². The predicted octanol–water partition coefficient (Wildman–Crippen LogP) is 0.834. The minimum Gasteiger partial charge on any atom is -0.396 e. The number of ether oxygens (including phenoxy) is 1. The third-order valence-electron chi connectivity index (χ3n) is 2.69. The average Bonchev–Trinajstić information content (AvgIpc) is 2.18. The normalized spacial score (nSPS) is 26.3. The molecule has 0 aromatic heterocycles. The van der Waals surface area contributed by atoms with Crippen LogP contribution in [0.15, 0.2) is 0 Å². The second kappa shape index (κ2) is 6.08. The van der Waals surface area contributed by atoms with E-state index in [0.29, 0.717) is 19.4 Å². The first-order chi connectivity index (χ1) is 7.16. The van der Waals surface area contributed by atoms with Crippen LogP contribution in [0.5, 0.6) is 0 Å². The van der Waals surface area contributed by atoms with Gasteiger partial charge in [-0.2, -0.15) is 0 Å². The van der Waals surface area contributed by atoms with Crippen molar-refractivity contribution in [3.05, 3.63) is 0 Å². The first-order valence-electron chi connectivity index (χ1n) is 5.66. The van der Waals surface area contributed by atoms with Crippen molar-refractivity contribution < 1.29 is 14.6 Å². The molecule has 0 aromatic rings. The molecule has 0 aliphatic carbocycles. The summed E-state index contributed by atoms with van der Waals surface area (Å²) in [5.41, 5.74) is -0.186. The van der Waals surface area contributed by atoms with E-state index in [1.165, 1.54) is 0 Å². The molecule has 1 aliphatic rings. The van der Waals surface area contributed by atoms with Gasteiger partial charge in [-0.1, -0.05) is 0 Å². The molecule has 1 atom stereocenters. The summed E-state index contributed by atoms with van der Waals surface area (Å²) < 4.78 is 5.36. The quantitative estimate of drug-likeness (QED) is 0.668. The smallest absolute Gasteiger partial charge is 0.220 e. The zero-order chi connectivity index (χ0) is 11.1. The first kappa shape index (κ1) is 12.5. The van der Waals surface area contributed by atoms with Crippen LogP contribution < -0.4 is 5.32 Å². The standard InChI is InChI=1S/C11H21NO3/c1-11(6-4-8-15-9-11)12-10(14)5-2-3-7-13/h13H,2-9H2,1H3,(H,12,14). The van der Waals surface area contributed by atoms with Gasteiger partial charge >= 0.3 is 0 Å². The average molecular weight is 215 g/mol. The molecule has 0 bridgehead atoms. The van der Waals surface area contributed by atoms with Crippen LogP contribution in [0.25, 0.3) is 0 Å². The van der Waals surface area contributed by atoms with Crippen molar-refractivity contribution in [1.29, 1.82) is 0 Å². The summed E-state index contributed by atoms with van der Waals surface area (Å²) in [5, 5.41) is 11.6. The number of hydrogen-bond donors (Lipinski definition) is 2. The van der Waals surface area contributed by atoms with Crippen LogP contribution in [0.4, 0.5) is 0 Å². The van der Waals surface area contributed by atoms with E-state index in [0.717, 1.165) is 25.9 Å². The molecule has 1 saturated heterocycles. The molecule has 0 spiro atoms. The number of nitrogens with one attached hydrogen (secondary N) is 1. The van der Waals surface area contributed by atoms with Gasteiger partial charge in [-0.05, 0) is 32.6 Å². The Morgan fingerprint density at radius 3 is 2.93 bits per heavy atom. The maximum atomic E-state index is 11.5. The molecule has 15 heavy (non-hydrogen) atoms. The van der Waals surface area contributed by atoms with Crippen molar-refractivity contribution in [1.82, 2.24) is 5.32 Å². The zero-order valence-corrected chi connectivity index (χ0v) is 9.42. The van der Waals surface area contributed by atoms with E-state index >= 15 is 0 Å². The summed E-state index contributed by atoms with van der Waals surface area (Å²) in [6.45, 7) is 3.60. The van der Waals surface area contributed by atoms with E-state index < -0.39 is 0 Å². The van der Waals surface area contributed by atoms with Crippen LogP contribution in [0.3, 0.4) is 0 Å². The first-order valence-corrected chi connectivity index (χ1v) is 5.66. The molecule has 2 N–H and O–H groups in total. The number of rotatable bonds is 5. The lowest BCUT2D eigenvalue weighted by molar-refractivity contribution is -0.124. The number of hydrogen-bond acceptors (Lipinski definition) is 3. The molecule has 1 amide bonds. The third kappa shape index (κ3) is 4.62. The van der Waals surface area contributed by atoms with Crippen LogP contribution in [0.2, 0.25) is 0 Å². The summed E-state index contributed by atoms with van der Waals surface area (Å²) in [6, 6.07) is 0. The molecule has 1 rings (SSSR count). The topological polar surface area (TPSA) is 58.6 Å². The molecule has 0 radical (unpaired) electrons. The van der Waals surface area contributed by atoms with Gasteiger partial charge < -0.3 is 15.2 Å². The summed E-state index contributed by atoms with van der Waals surface area (Å²) >= 11 is 0. The van der Waals surface area contributed by atoms with Gasteiger partial charge in [0.05, 0.1) is 12.1 Å². The van der Waals surface area contributed by atoms with Gasteiger partial charge in [0.25, 0.3) is 0 Å². The van der Waals surface area contributed by atoms with Crippen LogP contribution in [0.1, 0.15) is 39.0 Å². The van der Waals surface area contributed by atoms with Gasteiger partial charge in [-0.15, -0.1) is 0 Å². The number of carbonyl (C=O) groups is 1. The van der Waals surface area contributed by atoms with Crippen molar-refractivity contribution in [3.8, 4) is 0 Å². The molecule has 1 unspecified atom stereocenters. The molecule has 0 saturated carbocycles. The Morgan fingerprint density at radius 2 is 2.33 bits per heavy atom. The number of amides is 1. The second-order valence-corrected chi connectivity index (χ2v) is 4.45. The van der Waals surface area contributed by atoms with Gasteiger partial charge in [0.2, 0.25) is 5.91 Å². The Bertz CT molecular complexity index is 200. The fourth-order valence-corrected chi connectivity index (χ4v) is 1.83. The highest BCUT2D eigenvalue weighted by Gasteiger charge is 2.28. The van der Waals surface area contributed by atoms with Crippen LogP contribution in [-0.4, -0.2) is 36.4 Å². The minimum absolute atomic E-state index is 0.0662. The lowest BCUT2D eigenvalue weighted by Gasteiger charge is -2.34. The van der Waals surface area contributed by atoms with Gasteiger partial charge in [0.1, 0.15) is 0 Å². The Morgan fingerprint density at radius 1 is 1.53 bits per heavy atom. The largest absolute Gasteiger partial charge is 0.396 e. The van der Waals surface area contributed by atoms with E-state index in [-0.39, 0.29) is 18.1 Å². The molecule has 4 heteroatoms. The van der Waals surface area contributed by atoms with Gasteiger partial charge in [-0.25, -0.2) is 0 Å². The highest BCUT2D eigenvalue weighted by atomic mass is 16.5. The fraction of sp³-hybridized carbons (Fsp3) is 0.909. The summed E-state index contributed by atoms with van der Waals surface area (Å²) in [4.78, 5) is 11.5. The number of aliphatic hydroxyl groups is 1. The van der Waals surface area contributed by atoms with E-state index in [1.807, 2.05) is 6.92 Å². The molecule has 4 nitrogen and oxygen atoms in total. The van der Waals surface area contributed by atoms with E-state index in [9.17, 15) is 4.79 Å². The molecular weight excluding hydrogens is 194 g/mol. The second-order valence-electron chi connectivity index (χ2n) is 4.45. The Kier molecular flexibility index (Phi) is 5.05. The van der Waals surface area contributed by atoms with Crippen LogP contribution in [-0.2, 0) is 9.53 Å². The van der Waals surface area contributed by atoms with Gasteiger partial charge in [0.15, 0.2) is 0 Å². The highest BCUT2D eigenvalue weighted by Crippen LogP contribution is 2.18. The van der Waals surface area contributed by atoms with E-state index in [4.69, 9.17) is 9.84 Å². The number of unbranched alkanes of at least 4 members (excludes halogenated alkanes) is 1. The third-order valence-corrected chi connectivity index (χ3v) is 2.69. The molecule has 1 heterocycles. The Labute approximate surface area is 91.0 Å². The maximum absolute atomic E-state index is 11.5. The van der Waals surface area contributed by atoms with E-state index in [2.05, 4.69) is 5.32 Å². The van der Waals surface area contributed by atoms with E-state index in [1.54, 1.807) is 0 Å². The van der Waals surface area contributed by atoms with Crippen LogP contribution in [0, 0.1) is 0 Å². The lowest BCUT2D eigenvalue weighted by atomic mass is 9.94. The summed E-state index contributed by atoms with van der Waals surface area (Å²) in [5.74, 6) is 0.0662. The predicted molar refractivity (Wildman–Crippen MR) is 57.5 cm³/mol. The van der Waals surface area contributed by atoms with Crippen molar-refractivity contribution in [2.45, 2.75) is 44.6 Å². The SMILES string of the molecule is CC1(NC(=O)CCCCO)CCCOC1. The fourth-order valence-electron chi connectivity index (χ4n) is 1.83. The minimum atomic E-state index is -0.186. The number of aliphatic hydroxyl groups excluding tert-OH is 1. The lowest BCUT2D eigenvalue weighted by Crippen LogP contribution is -2.51. The molecule has 88 valence electrons. The summed E-state index contributed by atoms with van der Waals surface area (Å²) in [7, 11) is 0. The maximum Gasteiger partial charge on any atom is 0.220 e. The van der Waals surface area contributed by atoms with Crippen molar-refractivity contribution in [2.24, 2.45) is 0 Å². The van der Waals surface area contributed by atoms with Gasteiger partial charge in [0, 0.05) is 19.6 Å². The summed E-state index contributed by atoms with van der Waals surface area (Å²) in [6.07, 6.45) is 3.93. The van der Waals surface area contributed by atoms with Crippen molar-refractivity contribution in [2.75, 3.05) is 19.8 Å². The number of carbonyl (C=O) groups excluding carboxylic acids is 1. The Balaban J connectivity index is 2.23. The van der Waals surface area contributed by atoms with Crippen LogP contribution >= 0.6 is 0 Å². The Hall–Kier alpha value is -0.610. The molecule has 1 aliphatic heterocycles. The molecule has 1 fully saturated rings. The highest BCUT2D eigenvalue weighted by molar-refractivity contribution is 5.76. The van der Waals surface area contributed by atoms with Crippen molar-refractivity contribution >= 4 is 5.91 Å². The zero-order valence-electron chi connectivity index (χ0n) is 9.42. The molecule has 0 aromatic carbocycles. The monoisotopic (exact) mass is 215 g/mol. The van der Waals surface area contributed by atoms with Crippen molar-refractivity contribution in [3.63, 3.8) is 0 Å².